The van der Waals surface area contributed by atoms with Crippen molar-refractivity contribution in [2.45, 2.75) is 19.4 Å². The molecule has 3 rings (SSSR count). The number of amides is 1. The molecule has 104 valence electrons. The van der Waals surface area contributed by atoms with Gasteiger partial charge in [-0.3, -0.25) is 4.79 Å². The van der Waals surface area contributed by atoms with E-state index in [9.17, 15) is 4.79 Å². The van der Waals surface area contributed by atoms with Crippen LogP contribution in [0.4, 0.5) is 0 Å². The Bertz CT molecular complexity index is 609. The predicted molar refractivity (Wildman–Crippen MR) is 75.9 cm³/mol. The number of hydrogen-bond donors (Lipinski definition) is 1. The quantitative estimate of drug-likeness (QED) is 0.910. The van der Waals surface area contributed by atoms with Gasteiger partial charge < -0.3 is 5.32 Å². The summed E-state index contributed by atoms with van der Waals surface area (Å²) in [6, 6.07) is 8.10. The maximum atomic E-state index is 11.2. The van der Waals surface area contributed by atoms with Gasteiger partial charge in [-0.1, -0.05) is 28.1 Å². The van der Waals surface area contributed by atoms with Gasteiger partial charge in [0, 0.05) is 36.3 Å². The highest BCUT2D eigenvalue weighted by Crippen LogP contribution is 2.15. The molecule has 7 heteroatoms. The number of benzene rings is 1. The Morgan fingerprint density at radius 2 is 2.15 bits per heavy atom. The first-order chi connectivity index (χ1) is 9.70. The summed E-state index contributed by atoms with van der Waals surface area (Å²) in [6.45, 7) is 1.38. The van der Waals surface area contributed by atoms with Crippen molar-refractivity contribution >= 4 is 21.8 Å². The molecule has 0 unspecified atom stereocenters. The molecule has 1 aromatic carbocycles. The lowest BCUT2D eigenvalue weighted by atomic mass is 10.1. The number of tetrazole rings is 1. The Morgan fingerprint density at radius 3 is 2.85 bits per heavy atom. The first kappa shape index (κ1) is 13.2. The topological polar surface area (TPSA) is 72.7 Å². The number of nitrogens with one attached hydrogen (secondary N) is 1. The minimum Gasteiger partial charge on any atom is -0.356 e. The van der Waals surface area contributed by atoms with Crippen LogP contribution < -0.4 is 5.32 Å². The number of aromatic nitrogens is 4. The Balaban J connectivity index is 1.70. The van der Waals surface area contributed by atoms with Crippen molar-refractivity contribution in [3.63, 3.8) is 0 Å². The fraction of sp³-hybridized carbons (Fsp3) is 0.385. The zero-order valence-corrected chi connectivity index (χ0v) is 12.4. The van der Waals surface area contributed by atoms with E-state index in [-0.39, 0.29) is 11.8 Å². The lowest BCUT2D eigenvalue weighted by Crippen LogP contribution is -2.18. The van der Waals surface area contributed by atoms with Crippen LogP contribution in [0.5, 0.6) is 0 Å². The number of nitrogens with zero attached hydrogens (tertiary/aromatic N) is 4. The van der Waals surface area contributed by atoms with E-state index < -0.39 is 0 Å². The molecular formula is C13H14BrN5O. The van der Waals surface area contributed by atoms with Crippen molar-refractivity contribution < 1.29 is 4.79 Å². The van der Waals surface area contributed by atoms with Gasteiger partial charge in [-0.05, 0) is 28.1 Å². The highest BCUT2D eigenvalue weighted by Gasteiger charge is 2.23. The van der Waals surface area contributed by atoms with Gasteiger partial charge in [0.05, 0.1) is 0 Å². The van der Waals surface area contributed by atoms with Crippen molar-refractivity contribution in [3.8, 4) is 0 Å². The molecule has 0 saturated carbocycles. The lowest BCUT2D eigenvalue weighted by Gasteiger charge is -2.08. The number of carbonyl (C=O) groups excluding carboxylic acids is 1. The van der Waals surface area contributed by atoms with Gasteiger partial charge in [-0.25, -0.2) is 4.68 Å². The molecule has 1 N–H and O–H groups in total. The monoisotopic (exact) mass is 335 g/mol. The van der Waals surface area contributed by atoms with Crippen molar-refractivity contribution in [3.05, 3.63) is 40.1 Å². The summed E-state index contributed by atoms with van der Waals surface area (Å²) in [5, 5.41) is 14.7. The molecule has 0 radical (unpaired) electrons. The zero-order valence-electron chi connectivity index (χ0n) is 10.8. The summed E-state index contributed by atoms with van der Waals surface area (Å²) in [5.74, 6) is 1.21. The van der Waals surface area contributed by atoms with Crippen LogP contribution in [0.15, 0.2) is 28.7 Å². The average molecular weight is 336 g/mol. The maximum absolute atomic E-state index is 11.2. The van der Waals surface area contributed by atoms with Crippen LogP contribution in [0, 0.1) is 5.92 Å². The summed E-state index contributed by atoms with van der Waals surface area (Å²) in [6.07, 6.45) is 1.24. The molecule has 6 nitrogen and oxygen atoms in total. The van der Waals surface area contributed by atoms with Crippen molar-refractivity contribution in [2.75, 3.05) is 6.54 Å². The number of halogens is 1. The molecule has 1 aliphatic heterocycles. The normalized spacial score (nSPS) is 18.2. The van der Waals surface area contributed by atoms with E-state index in [2.05, 4.69) is 36.8 Å². The van der Waals surface area contributed by atoms with Crippen LogP contribution in [0.2, 0.25) is 0 Å². The number of hydrogen-bond acceptors (Lipinski definition) is 4. The smallest absolute Gasteiger partial charge is 0.220 e. The fourth-order valence-corrected chi connectivity index (χ4v) is 2.58. The Labute approximate surface area is 124 Å². The van der Waals surface area contributed by atoms with Crippen molar-refractivity contribution in [2.24, 2.45) is 5.92 Å². The highest BCUT2D eigenvalue weighted by molar-refractivity contribution is 9.10. The largest absolute Gasteiger partial charge is 0.356 e. The molecule has 1 atom stereocenters. The third-order valence-corrected chi connectivity index (χ3v) is 3.90. The number of rotatable bonds is 4. The molecule has 0 bridgehead atoms. The third kappa shape index (κ3) is 3.04. The summed E-state index contributed by atoms with van der Waals surface area (Å²) in [7, 11) is 0. The van der Waals surface area contributed by atoms with Gasteiger partial charge in [0.2, 0.25) is 5.91 Å². The second-order valence-corrected chi connectivity index (χ2v) is 5.87. The molecule has 1 amide bonds. The van der Waals surface area contributed by atoms with Gasteiger partial charge in [-0.2, -0.15) is 0 Å². The van der Waals surface area contributed by atoms with E-state index in [1.807, 2.05) is 24.3 Å². The second kappa shape index (κ2) is 5.70. The maximum Gasteiger partial charge on any atom is 0.220 e. The first-order valence-electron chi connectivity index (χ1n) is 6.47. The Kier molecular flexibility index (Phi) is 3.77. The minimum absolute atomic E-state index is 0.109. The SMILES string of the molecule is O=C1C[C@@H](Cn2nnnc2Cc2ccc(Br)cc2)CN1. The van der Waals surface area contributed by atoms with E-state index in [1.54, 1.807) is 4.68 Å². The van der Waals surface area contributed by atoms with Gasteiger partial charge in [0.1, 0.15) is 0 Å². The summed E-state index contributed by atoms with van der Waals surface area (Å²) >= 11 is 3.42. The molecule has 0 aliphatic carbocycles. The molecule has 1 fully saturated rings. The van der Waals surface area contributed by atoms with Crippen LogP contribution in [0.25, 0.3) is 0 Å². The summed E-state index contributed by atoms with van der Waals surface area (Å²) in [4.78, 5) is 11.2. The van der Waals surface area contributed by atoms with E-state index >= 15 is 0 Å². The molecule has 2 heterocycles. The average Bonchev–Trinajstić information content (AvgIpc) is 3.03. The lowest BCUT2D eigenvalue weighted by molar-refractivity contribution is -0.119. The standard InChI is InChI=1S/C13H14BrN5O/c14-11-3-1-9(2-4-11)5-12-16-17-18-19(12)8-10-6-13(20)15-7-10/h1-4,10H,5-8H2,(H,15,20)/t10-/m1/s1. The van der Waals surface area contributed by atoms with Crippen LogP contribution in [-0.4, -0.2) is 32.7 Å². The van der Waals surface area contributed by atoms with Gasteiger partial charge in [0.15, 0.2) is 5.82 Å². The highest BCUT2D eigenvalue weighted by atomic mass is 79.9. The summed E-state index contributed by atoms with van der Waals surface area (Å²) in [5.41, 5.74) is 1.16. The van der Waals surface area contributed by atoms with Gasteiger partial charge in [-0.15, -0.1) is 5.10 Å². The molecule has 20 heavy (non-hydrogen) atoms. The van der Waals surface area contributed by atoms with Crippen LogP contribution >= 0.6 is 15.9 Å². The van der Waals surface area contributed by atoms with Gasteiger partial charge >= 0.3 is 0 Å². The van der Waals surface area contributed by atoms with Crippen molar-refractivity contribution in [1.82, 2.24) is 25.5 Å². The van der Waals surface area contributed by atoms with E-state index in [4.69, 9.17) is 0 Å². The zero-order chi connectivity index (χ0) is 13.9. The molecule has 2 aromatic rings. The first-order valence-corrected chi connectivity index (χ1v) is 7.26. The molecular weight excluding hydrogens is 322 g/mol. The van der Waals surface area contributed by atoms with Crippen LogP contribution in [0.1, 0.15) is 17.8 Å². The van der Waals surface area contributed by atoms with Gasteiger partial charge in [0.25, 0.3) is 0 Å². The minimum atomic E-state index is 0.109. The third-order valence-electron chi connectivity index (χ3n) is 3.37. The molecule has 1 aliphatic rings. The predicted octanol–water partition coefficient (Wildman–Crippen LogP) is 1.16. The van der Waals surface area contributed by atoms with E-state index in [0.29, 0.717) is 25.9 Å². The van der Waals surface area contributed by atoms with E-state index in [0.717, 1.165) is 15.9 Å². The number of carbonyl (C=O) groups is 1. The molecule has 0 spiro atoms. The summed E-state index contributed by atoms with van der Waals surface area (Å²) < 4.78 is 2.85. The van der Waals surface area contributed by atoms with Crippen LogP contribution in [-0.2, 0) is 17.8 Å². The molecule has 1 aromatic heterocycles. The van der Waals surface area contributed by atoms with E-state index in [1.165, 1.54) is 0 Å². The second-order valence-electron chi connectivity index (χ2n) is 4.95. The molecule has 1 saturated heterocycles. The Morgan fingerprint density at radius 1 is 1.35 bits per heavy atom. The van der Waals surface area contributed by atoms with Crippen LogP contribution in [0.3, 0.4) is 0 Å². The fourth-order valence-electron chi connectivity index (χ4n) is 2.31. The Hall–Kier alpha value is -1.76. The van der Waals surface area contributed by atoms with Crippen molar-refractivity contribution in [1.29, 1.82) is 0 Å².